The summed E-state index contributed by atoms with van der Waals surface area (Å²) in [6, 6.07) is 4.23. The average Bonchev–Trinajstić information content (AvgIpc) is 2.45. The Hall–Kier alpha value is -1.69. The number of carbonyl (C=O) groups is 1. The number of thiocarbonyl (C=S) groups is 1. The molecule has 2 N–H and O–H groups in total. The maximum Gasteiger partial charge on any atom is 0.328 e. The molecular weight excluding hydrogens is 279 g/mol. The number of carbonyl (C=O) groups excluding carboxylic acids is 1. The van der Waals surface area contributed by atoms with Gasteiger partial charge in [0, 0.05) is 6.54 Å². The molecule has 2 rings (SSSR count). The van der Waals surface area contributed by atoms with E-state index in [0.29, 0.717) is 18.7 Å². The summed E-state index contributed by atoms with van der Waals surface area (Å²) in [6.45, 7) is 0.652. The van der Waals surface area contributed by atoms with Gasteiger partial charge in [0.15, 0.2) is 0 Å². The van der Waals surface area contributed by atoms with Gasteiger partial charge in [0.1, 0.15) is 16.8 Å². The highest BCUT2D eigenvalue weighted by Gasteiger charge is 2.31. The third kappa shape index (κ3) is 2.75. The predicted octanol–water partition coefficient (Wildman–Crippen LogP) is 1.99. The Bertz CT molecular complexity index is 536. The molecule has 0 bridgehead atoms. The summed E-state index contributed by atoms with van der Waals surface area (Å²) in [4.78, 5) is 13.7. The predicted molar refractivity (Wildman–Crippen MR) is 79.3 cm³/mol. The lowest BCUT2D eigenvalue weighted by Gasteiger charge is -2.36. The monoisotopic (exact) mass is 296 g/mol. The van der Waals surface area contributed by atoms with Crippen LogP contribution in [0.15, 0.2) is 18.2 Å². The Morgan fingerprint density at radius 2 is 2.25 bits per heavy atom. The fourth-order valence-electron chi connectivity index (χ4n) is 2.60. The van der Waals surface area contributed by atoms with Crippen LogP contribution < -0.4 is 10.6 Å². The zero-order valence-electron chi connectivity index (χ0n) is 11.3. The number of nitrogens with two attached hydrogens (primary N) is 1. The molecule has 1 saturated heterocycles. The van der Waals surface area contributed by atoms with Gasteiger partial charge in [0.05, 0.1) is 18.4 Å². The molecule has 1 aromatic carbocycles. The number of nitrogens with zero attached hydrogens (tertiary/aromatic N) is 1. The van der Waals surface area contributed by atoms with E-state index in [4.69, 9.17) is 22.7 Å². The largest absolute Gasteiger partial charge is 0.467 e. The molecule has 0 spiro atoms. The number of anilines is 1. The lowest BCUT2D eigenvalue weighted by atomic mass is 9.99. The Morgan fingerprint density at radius 3 is 2.90 bits per heavy atom. The first-order chi connectivity index (χ1) is 9.56. The fraction of sp³-hybridized carbons (Fsp3) is 0.429. The minimum absolute atomic E-state index is 0.00714. The standard InChI is InChI=1S/C14H17FN2O2S/c1-19-14(18)11-6-2-3-8-17(11)10-7-4-5-9(15)12(10)13(16)20/h4-5,7,11H,2-3,6,8H2,1H3,(H2,16,20). The molecule has 1 unspecified atom stereocenters. The second-order valence-corrected chi connectivity index (χ2v) is 5.17. The lowest BCUT2D eigenvalue weighted by Crippen LogP contribution is -2.46. The molecule has 20 heavy (non-hydrogen) atoms. The minimum atomic E-state index is -0.468. The normalized spacial score (nSPS) is 18.7. The smallest absolute Gasteiger partial charge is 0.328 e. The molecule has 0 saturated carbocycles. The summed E-state index contributed by atoms with van der Waals surface area (Å²) in [7, 11) is 1.36. The second kappa shape index (κ2) is 6.17. The van der Waals surface area contributed by atoms with Crippen LogP contribution in [0.4, 0.5) is 10.1 Å². The third-order valence-electron chi connectivity index (χ3n) is 3.52. The van der Waals surface area contributed by atoms with Crippen LogP contribution in [0.5, 0.6) is 0 Å². The summed E-state index contributed by atoms with van der Waals surface area (Å²) in [5, 5.41) is 0. The molecule has 108 valence electrons. The van der Waals surface area contributed by atoms with Gasteiger partial charge >= 0.3 is 5.97 Å². The van der Waals surface area contributed by atoms with Crippen molar-refractivity contribution in [2.24, 2.45) is 5.73 Å². The molecule has 1 fully saturated rings. The maximum absolute atomic E-state index is 14.0. The van der Waals surface area contributed by atoms with Crippen molar-refractivity contribution >= 4 is 28.9 Å². The molecule has 6 heteroatoms. The Labute approximate surface area is 122 Å². The van der Waals surface area contributed by atoms with Gasteiger partial charge in [-0.3, -0.25) is 0 Å². The van der Waals surface area contributed by atoms with Crippen LogP contribution in [0.1, 0.15) is 24.8 Å². The fourth-order valence-corrected chi connectivity index (χ4v) is 2.80. The molecule has 1 aromatic rings. The molecule has 0 aliphatic carbocycles. The molecule has 1 aliphatic heterocycles. The van der Waals surface area contributed by atoms with Crippen molar-refractivity contribution in [2.75, 3.05) is 18.6 Å². The summed E-state index contributed by atoms with van der Waals surface area (Å²) >= 11 is 4.93. The van der Waals surface area contributed by atoms with Crippen molar-refractivity contribution in [1.29, 1.82) is 0 Å². The highest BCUT2D eigenvalue weighted by Crippen LogP contribution is 2.30. The van der Waals surface area contributed by atoms with E-state index >= 15 is 0 Å². The summed E-state index contributed by atoms with van der Waals surface area (Å²) < 4.78 is 18.8. The summed E-state index contributed by atoms with van der Waals surface area (Å²) in [6.07, 6.45) is 2.55. The van der Waals surface area contributed by atoms with Crippen LogP contribution in [0, 0.1) is 5.82 Å². The van der Waals surface area contributed by atoms with Crippen molar-refractivity contribution in [3.8, 4) is 0 Å². The topological polar surface area (TPSA) is 55.6 Å². The van der Waals surface area contributed by atoms with Crippen LogP contribution in [-0.2, 0) is 9.53 Å². The van der Waals surface area contributed by atoms with E-state index in [2.05, 4.69) is 0 Å². The maximum atomic E-state index is 14.0. The number of hydrogen-bond acceptors (Lipinski definition) is 4. The van der Waals surface area contributed by atoms with Crippen molar-refractivity contribution < 1.29 is 13.9 Å². The molecule has 0 radical (unpaired) electrons. The highest BCUT2D eigenvalue weighted by atomic mass is 32.1. The molecule has 0 amide bonds. The lowest BCUT2D eigenvalue weighted by molar-refractivity contribution is -0.142. The van der Waals surface area contributed by atoms with Crippen molar-refractivity contribution in [1.82, 2.24) is 0 Å². The quantitative estimate of drug-likeness (QED) is 0.683. The highest BCUT2D eigenvalue weighted by molar-refractivity contribution is 7.80. The summed E-state index contributed by atoms with van der Waals surface area (Å²) in [5.41, 5.74) is 6.38. The van der Waals surface area contributed by atoms with Crippen molar-refractivity contribution in [3.05, 3.63) is 29.6 Å². The van der Waals surface area contributed by atoms with Gasteiger partial charge in [0.2, 0.25) is 0 Å². The number of benzene rings is 1. The Balaban J connectivity index is 2.45. The third-order valence-corrected chi connectivity index (χ3v) is 3.73. The van der Waals surface area contributed by atoms with Crippen LogP contribution in [0.2, 0.25) is 0 Å². The number of methoxy groups -OCH3 is 1. The average molecular weight is 296 g/mol. The van der Waals surface area contributed by atoms with E-state index in [1.54, 1.807) is 12.1 Å². The Kier molecular flexibility index (Phi) is 4.54. The van der Waals surface area contributed by atoms with Crippen molar-refractivity contribution in [3.63, 3.8) is 0 Å². The van der Waals surface area contributed by atoms with Gasteiger partial charge < -0.3 is 15.4 Å². The number of piperidine rings is 1. The first-order valence-electron chi connectivity index (χ1n) is 6.49. The number of rotatable bonds is 3. The molecule has 1 atom stereocenters. The van der Waals surface area contributed by atoms with Gasteiger partial charge in [-0.05, 0) is 31.4 Å². The number of esters is 1. The van der Waals surface area contributed by atoms with Gasteiger partial charge in [0.25, 0.3) is 0 Å². The van der Waals surface area contributed by atoms with E-state index in [-0.39, 0.29) is 16.5 Å². The SMILES string of the molecule is COC(=O)C1CCCCN1c1cccc(F)c1C(N)=S. The first-order valence-corrected chi connectivity index (χ1v) is 6.90. The van der Waals surface area contributed by atoms with E-state index in [9.17, 15) is 9.18 Å². The Morgan fingerprint density at radius 1 is 1.50 bits per heavy atom. The van der Waals surface area contributed by atoms with Crippen LogP contribution >= 0.6 is 12.2 Å². The van der Waals surface area contributed by atoms with E-state index in [1.807, 2.05) is 4.90 Å². The van der Waals surface area contributed by atoms with Gasteiger partial charge in [-0.15, -0.1) is 0 Å². The number of ether oxygens (including phenoxy) is 1. The second-order valence-electron chi connectivity index (χ2n) is 4.73. The van der Waals surface area contributed by atoms with Crippen LogP contribution in [0.25, 0.3) is 0 Å². The van der Waals surface area contributed by atoms with Crippen LogP contribution in [0.3, 0.4) is 0 Å². The van der Waals surface area contributed by atoms with E-state index in [1.165, 1.54) is 13.2 Å². The zero-order valence-corrected chi connectivity index (χ0v) is 12.1. The summed E-state index contributed by atoms with van der Waals surface area (Å²) in [5.74, 6) is -0.785. The van der Waals surface area contributed by atoms with Gasteiger partial charge in [-0.25, -0.2) is 9.18 Å². The van der Waals surface area contributed by atoms with Gasteiger partial charge in [-0.1, -0.05) is 18.3 Å². The minimum Gasteiger partial charge on any atom is -0.467 e. The molecule has 0 aromatic heterocycles. The molecular formula is C14H17FN2O2S. The molecule has 1 heterocycles. The van der Waals surface area contributed by atoms with E-state index in [0.717, 1.165) is 12.8 Å². The molecule has 4 nitrogen and oxygen atoms in total. The van der Waals surface area contributed by atoms with E-state index < -0.39 is 11.9 Å². The zero-order chi connectivity index (χ0) is 14.7. The number of hydrogen-bond donors (Lipinski definition) is 1. The van der Waals surface area contributed by atoms with Crippen LogP contribution in [-0.4, -0.2) is 30.7 Å². The van der Waals surface area contributed by atoms with Crippen molar-refractivity contribution in [2.45, 2.75) is 25.3 Å². The number of halogens is 1. The molecule has 1 aliphatic rings. The van der Waals surface area contributed by atoms with Gasteiger partial charge in [-0.2, -0.15) is 0 Å². The first kappa shape index (κ1) is 14.7.